The van der Waals surface area contributed by atoms with E-state index >= 15 is 0 Å². The molecule has 0 saturated heterocycles. The number of hydrogen-bond donors (Lipinski definition) is 1. The number of carbonyl (C=O) groups excluding carboxylic acids is 1. The third-order valence-electron chi connectivity index (χ3n) is 5.02. The van der Waals surface area contributed by atoms with Crippen LogP contribution in [0.1, 0.15) is 10.4 Å². The molecule has 0 aliphatic heterocycles. The zero-order valence-electron chi connectivity index (χ0n) is 17.7. The summed E-state index contributed by atoms with van der Waals surface area (Å²) in [5.74, 6) is 1.33. The number of para-hydroxylation sites is 1. The number of amides is 1. The van der Waals surface area contributed by atoms with Gasteiger partial charge in [0.25, 0.3) is 11.8 Å². The Morgan fingerprint density at radius 2 is 1.79 bits per heavy atom. The van der Waals surface area contributed by atoms with E-state index in [-0.39, 0.29) is 11.9 Å². The minimum atomic E-state index is -0.412. The SMILES string of the molecule is COc1ccc(-c2cc(C(=O)Nc3nnc(-c4ccco4)o3)c3ccccc3n2)cc1OC. The smallest absolute Gasteiger partial charge is 0.322 e. The number of nitrogens with zero attached hydrogens (tertiary/aromatic N) is 3. The van der Waals surface area contributed by atoms with E-state index in [9.17, 15) is 4.79 Å². The van der Waals surface area contributed by atoms with Crippen LogP contribution in [-0.4, -0.2) is 35.3 Å². The van der Waals surface area contributed by atoms with Crippen LogP contribution in [0, 0.1) is 0 Å². The molecule has 0 atom stereocenters. The van der Waals surface area contributed by atoms with Gasteiger partial charge in [-0.15, -0.1) is 5.10 Å². The molecule has 0 saturated carbocycles. The number of anilines is 1. The zero-order valence-corrected chi connectivity index (χ0v) is 17.7. The number of aromatic nitrogens is 3. The molecule has 0 bridgehead atoms. The second-order valence-corrected chi connectivity index (χ2v) is 6.99. The highest BCUT2D eigenvalue weighted by molar-refractivity contribution is 6.12. The summed E-state index contributed by atoms with van der Waals surface area (Å²) in [7, 11) is 3.14. The zero-order chi connectivity index (χ0) is 22.8. The standard InChI is InChI=1S/C24H18N4O5/c1-30-19-10-9-14(12-21(19)31-2)18-13-16(15-6-3-4-7-17(15)25-18)22(29)26-24-28-27-23(33-24)20-8-5-11-32-20/h3-13H,1-2H3,(H,26,28,29). The molecule has 0 radical (unpaired) electrons. The van der Waals surface area contributed by atoms with Gasteiger partial charge in [-0.25, -0.2) is 4.98 Å². The molecule has 5 rings (SSSR count). The van der Waals surface area contributed by atoms with Crippen molar-refractivity contribution in [2.75, 3.05) is 19.5 Å². The largest absolute Gasteiger partial charge is 0.493 e. The Kier molecular flexibility index (Phi) is 5.19. The van der Waals surface area contributed by atoms with E-state index in [1.165, 1.54) is 6.26 Å². The first kappa shape index (κ1) is 20.3. The molecule has 0 aliphatic rings. The van der Waals surface area contributed by atoms with Crippen LogP contribution in [0.25, 0.3) is 33.8 Å². The molecular weight excluding hydrogens is 424 g/mol. The average Bonchev–Trinajstić information content (AvgIpc) is 3.55. The Bertz CT molecular complexity index is 1440. The second-order valence-electron chi connectivity index (χ2n) is 6.99. The van der Waals surface area contributed by atoms with Crippen LogP contribution in [0.5, 0.6) is 11.5 Å². The molecule has 3 heterocycles. The maximum Gasteiger partial charge on any atom is 0.322 e. The highest BCUT2D eigenvalue weighted by Crippen LogP contribution is 2.33. The monoisotopic (exact) mass is 442 g/mol. The minimum Gasteiger partial charge on any atom is -0.493 e. The third kappa shape index (κ3) is 3.87. The van der Waals surface area contributed by atoms with Crippen molar-refractivity contribution >= 4 is 22.8 Å². The van der Waals surface area contributed by atoms with Crippen molar-refractivity contribution in [1.29, 1.82) is 0 Å². The number of rotatable bonds is 6. The van der Waals surface area contributed by atoms with Crippen molar-refractivity contribution < 1.29 is 23.1 Å². The highest BCUT2D eigenvalue weighted by Gasteiger charge is 2.18. The molecule has 3 aromatic heterocycles. The number of furan rings is 1. The molecule has 2 aromatic carbocycles. The number of nitrogens with one attached hydrogen (secondary N) is 1. The molecule has 164 valence electrons. The molecule has 0 spiro atoms. The Morgan fingerprint density at radius 1 is 0.939 bits per heavy atom. The molecule has 33 heavy (non-hydrogen) atoms. The first-order valence-corrected chi connectivity index (χ1v) is 9.97. The lowest BCUT2D eigenvalue weighted by molar-refractivity contribution is 0.102. The fourth-order valence-corrected chi connectivity index (χ4v) is 3.44. The van der Waals surface area contributed by atoms with Crippen LogP contribution in [0.2, 0.25) is 0 Å². The summed E-state index contributed by atoms with van der Waals surface area (Å²) in [6.45, 7) is 0. The molecule has 0 unspecified atom stereocenters. The number of ether oxygens (including phenoxy) is 2. The molecule has 0 aliphatic carbocycles. The molecular formula is C24H18N4O5. The van der Waals surface area contributed by atoms with Gasteiger partial charge < -0.3 is 18.3 Å². The molecule has 1 N–H and O–H groups in total. The van der Waals surface area contributed by atoms with Gasteiger partial charge in [-0.05, 0) is 42.5 Å². The molecule has 0 fully saturated rings. The summed E-state index contributed by atoms with van der Waals surface area (Å²) in [6, 6.07) is 17.9. The maximum atomic E-state index is 13.2. The Morgan fingerprint density at radius 3 is 2.58 bits per heavy atom. The average molecular weight is 442 g/mol. The van der Waals surface area contributed by atoms with Crippen LogP contribution in [0.3, 0.4) is 0 Å². The first-order chi connectivity index (χ1) is 16.2. The van der Waals surface area contributed by atoms with E-state index in [1.54, 1.807) is 38.5 Å². The number of pyridine rings is 1. The molecule has 1 amide bonds. The van der Waals surface area contributed by atoms with Gasteiger partial charge in [0.05, 0.1) is 37.3 Å². The topological polar surface area (TPSA) is 113 Å². The summed E-state index contributed by atoms with van der Waals surface area (Å²) in [5.41, 5.74) is 2.44. The van der Waals surface area contributed by atoms with Crippen molar-refractivity contribution in [2.24, 2.45) is 0 Å². The summed E-state index contributed by atoms with van der Waals surface area (Å²) >= 11 is 0. The van der Waals surface area contributed by atoms with E-state index in [1.807, 2.05) is 36.4 Å². The van der Waals surface area contributed by atoms with Crippen molar-refractivity contribution in [3.8, 4) is 34.4 Å². The summed E-state index contributed by atoms with van der Waals surface area (Å²) in [6.07, 6.45) is 1.50. The maximum absolute atomic E-state index is 13.2. The quantitative estimate of drug-likeness (QED) is 0.398. The van der Waals surface area contributed by atoms with Crippen molar-refractivity contribution in [3.63, 3.8) is 0 Å². The first-order valence-electron chi connectivity index (χ1n) is 9.97. The van der Waals surface area contributed by atoms with Gasteiger partial charge in [0.2, 0.25) is 0 Å². The van der Waals surface area contributed by atoms with Crippen molar-refractivity contribution in [3.05, 3.63) is 72.5 Å². The predicted octanol–water partition coefficient (Wildman–Crippen LogP) is 4.81. The van der Waals surface area contributed by atoms with E-state index in [0.717, 1.165) is 5.56 Å². The number of benzene rings is 2. The normalized spacial score (nSPS) is 10.8. The lowest BCUT2D eigenvalue weighted by atomic mass is 10.0. The summed E-state index contributed by atoms with van der Waals surface area (Å²) in [5, 5.41) is 11.1. The fraction of sp³-hybridized carbons (Fsp3) is 0.0833. The highest BCUT2D eigenvalue weighted by atomic mass is 16.5. The summed E-state index contributed by atoms with van der Waals surface area (Å²) in [4.78, 5) is 17.9. The Balaban J connectivity index is 1.53. The van der Waals surface area contributed by atoms with Gasteiger partial charge in [0, 0.05) is 10.9 Å². The summed E-state index contributed by atoms with van der Waals surface area (Å²) < 4.78 is 21.5. The van der Waals surface area contributed by atoms with E-state index in [4.69, 9.17) is 23.3 Å². The number of carbonyl (C=O) groups is 1. The van der Waals surface area contributed by atoms with Gasteiger partial charge in [-0.3, -0.25) is 10.1 Å². The number of fused-ring (bicyclic) bond motifs is 1. The third-order valence-corrected chi connectivity index (χ3v) is 5.02. The van der Waals surface area contributed by atoms with Crippen LogP contribution < -0.4 is 14.8 Å². The Hall–Kier alpha value is -4.66. The van der Waals surface area contributed by atoms with Crippen molar-refractivity contribution in [1.82, 2.24) is 15.2 Å². The van der Waals surface area contributed by atoms with Gasteiger partial charge >= 0.3 is 6.01 Å². The second kappa shape index (κ2) is 8.46. The van der Waals surface area contributed by atoms with Crippen LogP contribution in [-0.2, 0) is 0 Å². The molecule has 9 heteroatoms. The van der Waals surface area contributed by atoms with Gasteiger partial charge in [-0.2, -0.15) is 0 Å². The van der Waals surface area contributed by atoms with Crippen molar-refractivity contribution in [2.45, 2.75) is 0 Å². The fourth-order valence-electron chi connectivity index (χ4n) is 3.44. The molecule has 5 aromatic rings. The van der Waals surface area contributed by atoms with Crippen LogP contribution in [0.15, 0.2) is 75.8 Å². The van der Waals surface area contributed by atoms with Crippen LogP contribution >= 0.6 is 0 Å². The lowest BCUT2D eigenvalue weighted by Gasteiger charge is -2.12. The predicted molar refractivity (Wildman–Crippen MR) is 120 cm³/mol. The van der Waals surface area contributed by atoms with Gasteiger partial charge in [0.1, 0.15) is 0 Å². The van der Waals surface area contributed by atoms with Crippen LogP contribution in [0.4, 0.5) is 6.01 Å². The van der Waals surface area contributed by atoms with E-state index in [0.29, 0.717) is 39.4 Å². The molecule has 9 nitrogen and oxygen atoms in total. The van der Waals surface area contributed by atoms with Gasteiger partial charge in [-0.1, -0.05) is 23.3 Å². The Labute approximate surface area is 188 Å². The minimum absolute atomic E-state index is 0.0417. The van der Waals surface area contributed by atoms with E-state index in [2.05, 4.69) is 15.5 Å². The number of hydrogen-bond acceptors (Lipinski definition) is 8. The number of methoxy groups -OCH3 is 2. The van der Waals surface area contributed by atoms with Gasteiger partial charge in [0.15, 0.2) is 17.3 Å². The lowest BCUT2D eigenvalue weighted by Crippen LogP contribution is -2.13. The van der Waals surface area contributed by atoms with E-state index < -0.39 is 5.91 Å².